The molecule has 0 radical (unpaired) electrons. The number of nitrogens with zero attached hydrogens (tertiary/aromatic N) is 1. The standard InChI is InChI=1S/C24H13Cl2F2NO3/c25-17-7-3-13(9-18(17)26)21-20-22(30)16-10-15(28)6-8-19(16)32-23(20)24(31)29(21)11-12-1-4-14(27)5-2-12/h1-10,21H,11H2/t21-/m1/s1. The number of carbonyl (C=O) groups excluding carboxylic acids is 1. The first kappa shape index (κ1) is 20.7. The predicted octanol–water partition coefficient (Wildman–Crippen LogP) is 6.12. The molecule has 0 spiro atoms. The topological polar surface area (TPSA) is 50.5 Å². The van der Waals surface area contributed by atoms with E-state index in [1.165, 1.54) is 23.1 Å². The number of hydrogen-bond acceptors (Lipinski definition) is 3. The number of hydrogen-bond donors (Lipinski definition) is 0. The normalized spacial score (nSPS) is 15.4. The van der Waals surface area contributed by atoms with Crippen LogP contribution in [0.4, 0.5) is 8.78 Å². The van der Waals surface area contributed by atoms with Crippen LogP contribution in [0.2, 0.25) is 10.0 Å². The maximum atomic E-state index is 13.8. The lowest BCUT2D eigenvalue weighted by molar-refractivity contribution is 0.0714. The summed E-state index contributed by atoms with van der Waals surface area (Å²) in [6.07, 6.45) is 0. The Kier molecular flexibility index (Phi) is 4.99. The van der Waals surface area contributed by atoms with Gasteiger partial charge in [-0.1, -0.05) is 41.4 Å². The van der Waals surface area contributed by atoms with Crippen LogP contribution in [0.25, 0.3) is 11.0 Å². The predicted molar refractivity (Wildman–Crippen MR) is 117 cm³/mol. The van der Waals surface area contributed by atoms with Crippen LogP contribution in [0.5, 0.6) is 0 Å². The summed E-state index contributed by atoms with van der Waals surface area (Å²) in [6, 6.07) is 13.2. The second kappa shape index (κ2) is 7.73. The van der Waals surface area contributed by atoms with Crippen molar-refractivity contribution in [2.75, 3.05) is 0 Å². The number of halogens is 4. The van der Waals surface area contributed by atoms with E-state index >= 15 is 0 Å². The quantitative estimate of drug-likeness (QED) is 0.361. The van der Waals surface area contributed by atoms with E-state index in [4.69, 9.17) is 27.6 Å². The van der Waals surface area contributed by atoms with Gasteiger partial charge in [0.25, 0.3) is 5.91 Å². The Morgan fingerprint density at radius 1 is 0.875 bits per heavy atom. The van der Waals surface area contributed by atoms with Crippen LogP contribution < -0.4 is 5.43 Å². The third-order valence-electron chi connectivity index (χ3n) is 5.45. The van der Waals surface area contributed by atoms with E-state index in [0.717, 1.165) is 12.1 Å². The van der Waals surface area contributed by atoms with Gasteiger partial charge in [-0.3, -0.25) is 9.59 Å². The van der Waals surface area contributed by atoms with E-state index in [-0.39, 0.29) is 33.9 Å². The highest BCUT2D eigenvalue weighted by molar-refractivity contribution is 6.42. The highest BCUT2D eigenvalue weighted by atomic mass is 35.5. The summed E-state index contributed by atoms with van der Waals surface area (Å²) in [5.74, 6) is -1.63. The van der Waals surface area contributed by atoms with E-state index < -0.39 is 29.0 Å². The van der Waals surface area contributed by atoms with Gasteiger partial charge < -0.3 is 9.32 Å². The lowest BCUT2D eigenvalue weighted by Gasteiger charge is -2.25. The zero-order valence-corrected chi connectivity index (χ0v) is 17.8. The molecule has 32 heavy (non-hydrogen) atoms. The number of benzene rings is 3. The smallest absolute Gasteiger partial charge is 0.291 e. The average Bonchev–Trinajstić information content (AvgIpc) is 3.04. The van der Waals surface area contributed by atoms with Crippen molar-refractivity contribution < 1.29 is 18.0 Å². The van der Waals surface area contributed by atoms with Gasteiger partial charge in [0, 0.05) is 6.54 Å². The third kappa shape index (κ3) is 3.36. The number of carbonyl (C=O) groups is 1. The van der Waals surface area contributed by atoms with Crippen molar-refractivity contribution in [2.24, 2.45) is 0 Å². The van der Waals surface area contributed by atoms with Crippen LogP contribution in [-0.4, -0.2) is 10.8 Å². The monoisotopic (exact) mass is 471 g/mol. The van der Waals surface area contributed by atoms with Crippen LogP contribution in [-0.2, 0) is 6.54 Å². The zero-order chi connectivity index (χ0) is 22.6. The minimum atomic E-state index is -0.846. The average molecular weight is 472 g/mol. The Balaban J connectivity index is 1.73. The Morgan fingerprint density at radius 2 is 1.59 bits per heavy atom. The zero-order valence-electron chi connectivity index (χ0n) is 16.2. The fraction of sp³-hybridized carbons (Fsp3) is 0.0833. The van der Waals surface area contributed by atoms with Gasteiger partial charge in [-0.05, 0) is 53.6 Å². The molecule has 4 nitrogen and oxygen atoms in total. The fourth-order valence-corrected chi connectivity index (χ4v) is 4.28. The third-order valence-corrected chi connectivity index (χ3v) is 6.19. The Hall–Kier alpha value is -3.22. The van der Waals surface area contributed by atoms with Crippen LogP contribution in [0.1, 0.15) is 33.3 Å². The SMILES string of the molecule is O=C1c2oc3ccc(F)cc3c(=O)c2[C@@H](c2ccc(Cl)c(Cl)c2)N1Cc1ccc(F)cc1. The molecule has 2 heterocycles. The summed E-state index contributed by atoms with van der Waals surface area (Å²) in [7, 11) is 0. The first-order valence-corrected chi connectivity index (χ1v) is 10.4. The molecule has 0 unspecified atom stereocenters. The number of fused-ring (bicyclic) bond motifs is 2. The molecule has 0 saturated carbocycles. The van der Waals surface area contributed by atoms with Crippen LogP contribution in [0, 0.1) is 11.6 Å². The lowest BCUT2D eigenvalue weighted by atomic mass is 9.98. The van der Waals surface area contributed by atoms with Crippen molar-refractivity contribution in [3.8, 4) is 0 Å². The summed E-state index contributed by atoms with van der Waals surface area (Å²) in [4.78, 5) is 28.2. The van der Waals surface area contributed by atoms with Crippen LogP contribution >= 0.6 is 23.2 Å². The van der Waals surface area contributed by atoms with Gasteiger partial charge in [-0.2, -0.15) is 0 Å². The first-order chi connectivity index (χ1) is 15.3. The van der Waals surface area contributed by atoms with Gasteiger partial charge in [-0.15, -0.1) is 0 Å². The molecule has 160 valence electrons. The highest BCUT2D eigenvalue weighted by Crippen LogP contribution is 2.40. The van der Waals surface area contributed by atoms with Crippen molar-refractivity contribution in [3.05, 3.63) is 115 Å². The van der Waals surface area contributed by atoms with Crippen LogP contribution in [0.3, 0.4) is 0 Å². The minimum Gasteiger partial charge on any atom is -0.450 e. The molecular weight excluding hydrogens is 459 g/mol. The molecule has 1 aliphatic rings. The first-order valence-electron chi connectivity index (χ1n) is 9.60. The van der Waals surface area contributed by atoms with E-state index in [1.54, 1.807) is 30.3 Å². The molecule has 1 aromatic heterocycles. The molecular formula is C24H13Cl2F2NO3. The van der Waals surface area contributed by atoms with Gasteiger partial charge >= 0.3 is 0 Å². The van der Waals surface area contributed by atoms with Gasteiger partial charge in [0.2, 0.25) is 5.76 Å². The van der Waals surface area contributed by atoms with Gasteiger partial charge in [0.15, 0.2) is 5.43 Å². The highest BCUT2D eigenvalue weighted by Gasteiger charge is 2.42. The molecule has 3 aromatic carbocycles. The number of amides is 1. The molecule has 0 fully saturated rings. The summed E-state index contributed by atoms with van der Waals surface area (Å²) in [6.45, 7) is 0.0817. The second-order valence-corrected chi connectivity index (χ2v) is 8.26. The van der Waals surface area contributed by atoms with Gasteiger partial charge in [0.05, 0.1) is 27.0 Å². The van der Waals surface area contributed by atoms with Crippen molar-refractivity contribution in [1.82, 2.24) is 4.90 Å². The van der Waals surface area contributed by atoms with Crippen molar-refractivity contribution in [3.63, 3.8) is 0 Å². The fourth-order valence-electron chi connectivity index (χ4n) is 3.97. The molecule has 1 atom stereocenters. The molecule has 1 aliphatic heterocycles. The molecule has 0 aliphatic carbocycles. The molecule has 8 heteroatoms. The summed E-state index contributed by atoms with van der Waals surface area (Å²) in [5, 5.41) is 0.603. The molecule has 0 bridgehead atoms. The summed E-state index contributed by atoms with van der Waals surface area (Å²) >= 11 is 12.3. The molecule has 0 N–H and O–H groups in total. The molecule has 1 amide bonds. The van der Waals surface area contributed by atoms with Gasteiger partial charge in [0.1, 0.15) is 17.2 Å². The Morgan fingerprint density at radius 3 is 2.31 bits per heavy atom. The van der Waals surface area contributed by atoms with Crippen molar-refractivity contribution in [2.45, 2.75) is 12.6 Å². The number of rotatable bonds is 3. The van der Waals surface area contributed by atoms with E-state index in [2.05, 4.69) is 0 Å². The summed E-state index contributed by atoms with van der Waals surface area (Å²) in [5.41, 5.74) is 0.887. The Bertz CT molecular complexity index is 1450. The van der Waals surface area contributed by atoms with Crippen molar-refractivity contribution in [1.29, 1.82) is 0 Å². The van der Waals surface area contributed by atoms with E-state index in [1.807, 2.05) is 0 Å². The summed E-state index contributed by atoms with van der Waals surface area (Å²) < 4.78 is 33.0. The van der Waals surface area contributed by atoms with E-state index in [0.29, 0.717) is 16.1 Å². The second-order valence-electron chi connectivity index (χ2n) is 7.45. The minimum absolute atomic E-state index is 0.0326. The van der Waals surface area contributed by atoms with E-state index in [9.17, 15) is 18.4 Å². The largest absolute Gasteiger partial charge is 0.450 e. The van der Waals surface area contributed by atoms with Crippen LogP contribution in [0.15, 0.2) is 69.9 Å². The molecule has 4 aromatic rings. The lowest BCUT2D eigenvalue weighted by Crippen LogP contribution is -2.29. The maximum absolute atomic E-state index is 13.8. The van der Waals surface area contributed by atoms with Gasteiger partial charge in [-0.25, -0.2) is 8.78 Å². The maximum Gasteiger partial charge on any atom is 0.291 e. The molecule has 0 saturated heterocycles. The molecule has 5 rings (SSSR count). The Labute approximate surface area is 190 Å². The van der Waals surface area contributed by atoms with Crippen molar-refractivity contribution >= 4 is 40.1 Å².